The van der Waals surface area contributed by atoms with Crippen molar-refractivity contribution in [3.63, 3.8) is 0 Å². The van der Waals surface area contributed by atoms with Crippen molar-refractivity contribution in [2.24, 2.45) is 0 Å². The minimum absolute atomic E-state index is 0.218. The first-order chi connectivity index (χ1) is 13.7. The van der Waals surface area contributed by atoms with Crippen molar-refractivity contribution in [1.82, 2.24) is 4.31 Å². The second kappa shape index (κ2) is 7.22. The van der Waals surface area contributed by atoms with Gasteiger partial charge in [-0.1, -0.05) is 0 Å². The molecule has 0 atom stereocenters. The Labute approximate surface area is 172 Å². The molecule has 2 aliphatic rings. The van der Waals surface area contributed by atoms with Crippen LogP contribution in [0, 0.1) is 0 Å². The van der Waals surface area contributed by atoms with Gasteiger partial charge in [0.1, 0.15) is 11.4 Å². The zero-order valence-electron chi connectivity index (χ0n) is 17.3. The monoisotopic (exact) mass is 417 g/mol. The molecule has 4 rings (SSSR count). The quantitative estimate of drug-likeness (QED) is 0.761. The molecule has 156 valence electrons. The van der Waals surface area contributed by atoms with Crippen LogP contribution in [0.25, 0.3) is 0 Å². The van der Waals surface area contributed by atoms with Gasteiger partial charge in [0.05, 0.1) is 19.1 Å². The Morgan fingerprint density at radius 2 is 1.66 bits per heavy atom. The van der Waals surface area contributed by atoms with E-state index < -0.39 is 10.0 Å². The molecular weight excluding hydrogens is 390 g/mol. The van der Waals surface area contributed by atoms with Gasteiger partial charge in [-0.3, -0.25) is 0 Å². The standard InChI is InChI=1S/C22H27NO5S/c1-22(2)9-7-16-11-18(5-6-19(16)28-22)29(24,25)23-10-8-15-12-20(26-3)21(27-4)13-17(15)14-23/h5-6,11-13H,7-10,14H2,1-4H3. The van der Waals surface area contributed by atoms with E-state index in [1.807, 2.05) is 12.1 Å². The highest BCUT2D eigenvalue weighted by Gasteiger charge is 2.32. The second-order valence-electron chi connectivity index (χ2n) is 8.20. The molecular formula is C22H27NO5S. The van der Waals surface area contributed by atoms with E-state index in [1.165, 1.54) is 4.31 Å². The van der Waals surface area contributed by atoms with Crippen LogP contribution in [0.2, 0.25) is 0 Å². The van der Waals surface area contributed by atoms with Gasteiger partial charge in [0, 0.05) is 13.1 Å². The highest BCUT2D eigenvalue weighted by atomic mass is 32.2. The van der Waals surface area contributed by atoms with Crippen LogP contribution in [0.15, 0.2) is 35.2 Å². The lowest BCUT2D eigenvalue weighted by atomic mass is 9.94. The molecule has 0 aromatic heterocycles. The average molecular weight is 418 g/mol. The van der Waals surface area contributed by atoms with Crippen LogP contribution >= 0.6 is 0 Å². The molecule has 0 aliphatic carbocycles. The number of aryl methyl sites for hydroxylation is 1. The van der Waals surface area contributed by atoms with E-state index >= 15 is 0 Å². The first-order valence-corrected chi connectivity index (χ1v) is 11.2. The first kappa shape index (κ1) is 20.0. The van der Waals surface area contributed by atoms with Gasteiger partial charge in [0.2, 0.25) is 10.0 Å². The maximum atomic E-state index is 13.3. The molecule has 0 spiro atoms. The van der Waals surface area contributed by atoms with Crippen molar-refractivity contribution in [3.05, 3.63) is 47.0 Å². The minimum Gasteiger partial charge on any atom is -0.493 e. The molecule has 0 N–H and O–H groups in total. The molecule has 0 unspecified atom stereocenters. The van der Waals surface area contributed by atoms with Gasteiger partial charge in [0.15, 0.2) is 11.5 Å². The number of benzene rings is 2. The van der Waals surface area contributed by atoms with Gasteiger partial charge in [-0.25, -0.2) is 8.42 Å². The molecule has 2 aromatic rings. The fourth-order valence-electron chi connectivity index (χ4n) is 4.01. The fourth-order valence-corrected chi connectivity index (χ4v) is 5.48. The lowest BCUT2D eigenvalue weighted by Crippen LogP contribution is -2.36. The van der Waals surface area contributed by atoms with Crippen LogP contribution in [-0.4, -0.2) is 39.1 Å². The summed E-state index contributed by atoms with van der Waals surface area (Å²) in [7, 11) is -0.413. The summed E-state index contributed by atoms with van der Waals surface area (Å²) in [6, 6.07) is 9.02. The molecule has 0 bridgehead atoms. The van der Waals surface area contributed by atoms with Crippen molar-refractivity contribution in [1.29, 1.82) is 0 Å². The van der Waals surface area contributed by atoms with Crippen molar-refractivity contribution < 1.29 is 22.6 Å². The van der Waals surface area contributed by atoms with Crippen molar-refractivity contribution in [2.75, 3.05) is 20.8 Å². The maximum Gasteiger partial charge on any atom is 0.243 e. The molecule has 7 heteroatoms. The summed E-state index contributed by atoms with van der Waals surface area (Å²) < 4.78 is 44.9. The van der Waals surface area contributed by atoms with Gasteiger partial charge in [-0.15, -0.1) is 0 Å². The highest BCUT2D eigenvalue weighted by Crippen LogP contribution is 2.37. The van der Waals surface area contributed by atoms with Crippen LogP contribution in [-0.2, 0) is 29.4 Å². The molecule has 0 amide bonds. The number of fused-ring (bicyclic) bond motifs is 2. The third-order valence-corrected chi connectivity index (χ3v) is 7.58. The molecule has 0 saturated heterocycles. The predicted octanol–water partition coefficient (Wildman–Crippen LogP) is 3.55. The Hall–Kier alpha value is -2.25. The van der Waals surface area contributed by atoms with E-state index in [2.05, 4.69) is 13.8 Å². The van der Waals surface area contributed by atoms with E-state index in [0.29, 0.717) is 35.9 Å². The smallest absolute Gasteiger partial charge is 0.243 e. The van der Waals surface area contributed by atoms with Crippen LogP contribution in [0.1, 0.15) is 37.0 Å². The number of hydrogen-bond acceptors (Lipinski definition) is 5. The van der Waals surface area contributed by atoms with Crippen molar-refractivity contribution in [3.8, 4) is 17.2 Å². The van der Waals surface area contributed by atoms with E-state index in [1.54, 1.807) is 32.4 Å². The van der Waals surface area contributed by atoms with E-state index in [9.17, 15) is 8.42 Å². The van der Waals surface area contributed by atoms with E-state index in [0.717, 1.165) is 35.3 Å². The number of rotatable bonds is 4. The van der Waals surface area contributed by atoms with Gasteiger partial charge in [-0.05, 0) is 80.1 Å². The second-order valence-corrected chi connectivity index (χ2v) is 10.1. The SMILES string of the molecule is COc1cc2c(cc1OC)CN(S(=O)(=O)c1ccc3c(c1)CCC(C)(C)O3)CC2. The molecule has 0 radical (unpaired) electrons. The molecule has 2 heterocycles. The lowest BCUT2D eigenvalue weighted by Gasteiger charge is -2.33. The topological polar surface area (TPSA) is 65.1 Å². The maximum absolute atomic E-state index is 13.3. The molecule has 0 saturated carbocycles. The number of methoxy groups -OCH3 is 2. The van der Waals surface area contributed by atoms with E-state index in [4.69, 9.17) is 14.2 Å². The summed E-state index contributed by atoms with van der Waals surface area (Å²) in [5.74, 6) is 2.06. The van der Waals surface area contributed by atoms with Crippen molar-refractivity contribution >= 4 is 10.0 Å². The van der Waals surface area contributed by atoms with Crippen LogP contribution in [0.4, 0.5) is 0 Å². The van der Waals surface area contributed by atoms with Crippen LogP contribution in [0.3, 0.4) is 0 Å². The van der Waals surface area contributed by atoms with Crippen molar-refractivity contribution in [2.45, 2.75) is 50.2 Å². The average Bonchev–Trinajstić information content (AvgIpc) is 2.71. The zero-order valence-corrected chi connectivity index (χ0v) is 18.1. The largest absolute Gasteiger partial charge is 0.493 e. The molecule has 29 heavy (non-hydrogen) atoms. The number of ether oxygens (including phenoxy) is 3. The summed E-state index contributed by atoms with van der Waals surface area (Å²) in [5, 5.41) is 0. The first-order valence-electron chi connectivity index (χ1n) is 9.79. The lowest BCUT2D eigenvalue weighted by molar-refractivity contribution is 0.0845. The highest BCUT2D eigenvalue weighted by molar-refractivity contribution is 7.89. The Balaban J connectivity index is 1.62. The Morgan fingerprint density at radius 3 is 2.34 bits per heavy atom. The molecule has 0 fully saturated rings. The summed E-state index contributed by atoms with van der Waals surface area (Å²) in [4.78, 5) is 0.323. The molecule has 6 nitrogen and oxygen atoms in total. The van der Waals surface area contributed by atoms with Crippen LogP contribution < -0.4 is 14.2 Å². The number of hydrogen-bond donors (Lipinski definition) is 0. The third-order valence-electron chi connectivity index (χ3n) is 5.74. The minimum atomic E-state index is -3.60. The summed E-state index contributed by atoms with van der Waals surface area (Å²) in [6.07, 6.45) is 2.31. The van der Waals surface area contributed by atoms with Gasteiger partial charge in [0.25, 0.3) is 0 Å². The summed E-state index contributed by atoms with van der Waals surface area (Å²) in [5.41, 5.74) is 2.77. The van der Waals surface area contributed by atoms with Crippen LogP contribution in [0.5, 0.6) is 17.2 Å². The molecule has 2 aliphatic heterocycles. The fraction of sp³-hybridized carbons (Fsp3) is 0.455. The van der Waals surface area contributed by atoms with Gasteiger partial charge in [-0.2, -0.15) is 4.31 Å². The Morgan fingerprint density at radius 1 is 0.966 bits per heavy atom. The molecule has 2 aromatic carbocycles. The van der Waals surface area contributed by atoms with E-state index in [-0.39, 0.29) is 5.60 Å². The summed E-state index contributed by atoms with van der Waals surface area (Å²) in [6.45, 7) is 4.86. The Kier molecular flexibility index (Phi) is 4.99. The number of nitrogens with zero attached hydrogens (tertiary/aromatic N) is 1. The number of sulfonamides is 1. The van der Waals surface area contributed by atoms with Gasteiger partial charge >= 0.3 is 0 Å². The normalized spacial score (nSPS) is 18.3. The summed E-state index contributed by atoms with van der Waals surface area (Å²) >= 11 is 0. The predicted molar refractivity (Wildman–Crippen MR) is 110 cm³/mol. The zero-order chi connectivity index (χ0) is 20.8. The van der Waals surface area contributed by atoms with Gasteiger partial charge < -0.3 is 14.2 Å². The Bertz CT molecular complexity index is 1050. The third kappa shape index (κ3) is 3.69.